The minimum Gasteiger partial charge on any atom is -0.461 e. The van der Waals surface area contributed by atoms with Gasteiger partial charge in [0.1, 0.15) is 6.61 Å². The van der Waals surface area contributed by atoms with Crippen molar-refractivity contribution in [3.8, 4) is 11.1 Å². The molecule has 0 spiro atoms. The summed E-state index contributed by atoms with van der Waals surface area (Å²) in [5.74, 6) is -0.316. The minimum absolute atomic E-state index is 0. The van der Waals surface area contributed by atoms with E-state index < -0.39 is 6.04 Å². The molecule has 0 aliphatic rings. The smallest absolute Gasteiger partial charge is 0.308 e. The molecule has 1 atom stereocenters. The molecule has 146 valence electrons. The normalized spacial score (nSPS) is 11.4. The van der Waals surface area contributed by atoms with Gasteiger partial charge in [-0.2, -0.15) is 0 Å². The first-order chi connectivity index (χ1) is 13.0. The summed E-state index contributed by atoms with van der Waals surface area (Å²) in [7, 11) is 0. The molecule has 0 aliphatic carbocycles. The number of nitrogens with two attached hydrogens (primary N) is 1. The molecule has 5 heteroatoms. The van der Waals surface area contributed by atoms with Crippen LogP contribution in [0.25, 0.3) is 11.1 Å². The standard InChI is InChI=1S/C23H24N2O2.ClH/c1-16-7-6-8-17(2)23(16)20-11-19(13-25-14-20)21(24)12-22(26)27-15-18-9-4-3-5-10-18;/h3-11,13-14,21H,12,15,24H2,1-2H3;1H. The van der Waals surface area contributed by atoms with Crippen molar-refractivity contribution in [1.29, 1.82) is 0 Å². The molecule has 0 radical (unpaired) electrons. The van der Waals surface area contributed by atoms with Gasteiger partial charge in [-0.05, 0) is 47.7 Å². The van der Waals surface area contributed by atoms with Crippen molar-refractivity contribution in [1.82, 2.24) is 4.98 Å². The number of benzene rings is 2. The fraction of sp³-hybridized carbons (Fsp3) is 0.217. The Balaban J connectivity index is 0.00000280. The van der Waals surface area contributed by atoms with E-state index in [0.717, 1.165) is 22.3 Å². The molecule has 0 saturated heterocycles. The van der Waals surface area contributed by atoms with Gasteiger partial charge in [0.2, 0.25) is 0 Å². The number of rotatable bonds is 6. The summed E-state index contributed by atoms with van der Waals surface area (Å²) in [6, 6.07) is 17.4. The van der Waals surface area contributed by atoms with Crippen LogP contribution >= 0.6 is 12.4 Å². The van der Waals surface area contributed by atoms with Gasteiger partial charge in [-0.1, -0.05) is 48.5 Å². The molecule has 1 unspecified atom stereocenters. The number of carbonyl (C=O) groups is 1. The maximum absolute atomic E-state index is 12.1. The van der Waals surface area contributed by atoms with E-state index in [1.54, 1.807) is 6.20 Å². The van der Waals surface area contributed by atoms with Gasteiger partial charge in [0, 0.05) is 24.0 Å². The van der Waals surface area contributed by atoms with Gasteiger partial charge >= 0.3 is 5.97 Å². The zero-order chi connectivity index (χ0) is 19.2. The predicted molar refractivity (Wildman–Crippen MR) is 114 cm³/mol. The molecule has 0 saturated carbocycles. The van der Waals surface area contributed by atoms with E-state index in [1.807, 2.05) is 48.7 Å². The highest BCUT2D eigenvalue weighted by Crippen LogP contribution is 2.28. The first kappa shape index (κ1) is 21.6. The number of carbonyl (C=O) groups excluding carboxylic acids is 1. The highest BCUT2D eigenvalue weighted by Gasteiger charge is 2.15. The lowest BCUT2D eigenvalue weighted by Crippen LogP contribution is -2.17. The maximum atomic E-state index is 12.1. The topological polar surface area (TPSA) is 65.2 Å². The van der Waals surface area contributed by atoms with E-state index in [1.165, 1.54) is 11.1 Å². The second-order valence-corrected chi connectivity index (χ2v) is 6.73. The van der Waals surface area contributed by atoms with Gasteiger partial charge in [0.05, 0.1) is 6.42 Å². The lowest BCUT2D eigenvalue weighted by molar-refractivity contribution is -0.145. The molecule has 0 amide bonds. The summed E-state index contributed by atoms with van der Waals surface area (Å²) in [4.78, 5) is 16.5. The van der Waals surface area contributed by atoms with Gasteiger partial charge in [-0.3, -0.25) is 9.78 Å². The first-order valence-electron chi connectivity index (χ1n) is 9.01. The van der Waals surface area contributed by atoms with E-state index in [4.69, 9.17) is 10.5 Å². The second kappa shape index (κ2) is 10.0. The molecule has 28 heavy (non-hydrogen) atoms. The molecule has 2 aromatic carbocycles. The Labute approximate surface area is 172 Å². The van der Waals surface area contributed by atoms with Crippen molar-refractivity contribution >= 4 is 18.4 Å². The van der Waals surface area contributed by atoms with Crippen LogP contribution in [0.5, 0.6) is 0 Å². The Hall–Kier alpha value is -2.69. The van der Waals surface area contributed by atoms with Gasteiger partial charge in [-0.15, -0.1) is 12.4 Å². The Kier molecular flexibility index (Phi) is 7.73. The second-order valence-electron chi connectivity index (χ2n) is 6.73. The lowest BCUT2D eigenvalue weighted by atomic mass is 9.95. The zero-order valence-electron chi connectivity index (χ0n) is 16.1. The van der Waals surface area contributed by atoms with Crippen LogP contribution in [-0.2, 0) is 16.1 Å². The van der Waals surface area contributed by atoms with Crippen LogP contribution in [0.1, 0.15) is 34.7 Å². The Morgan fingerprint density at radius 2 is 1.71 bits per heavy atom. The first-order valence-corrected chi connectivity index (χ1v) is 9.01. The Morgan fingerprint density at radius 3 is 2.39 bits per heavy atom. The monoisotopic (exact) mass is 396 g/mol. The third-order valence-electron chi connectivity index (χ3n) is 4.59. The summed E-state index contributed by atoms with van der Waals surface area (Å²) in [5.41, 5.74) is 12.6. The molecule has 4 nitrogen and oxygen atoms in total. The predicted octanol–water partition coefficient (Wildman–Crippen LogP) is 4.92. The quantitative estimate of drug-likeness (QED) is 0.600. The number of halogens is 1. The number of nitrogens with zero attached hydrogens (tertiary/aromatic N) is 1. The summed E-state index contributed by atoms with van der Waals surface area (Å²) < 4.78 is 5.33. The molecule has 0 aliphatic heterocycles. The van der Waals surface area contributed by atoms with Crippen molar-refractivity contribution in [2.24, 2.45) is 5.73 Å². The number of esters is 1. The molecule has 0 bridgehead atoms. The number of hydrogen-bond acceptors (Lipinski definition) is 4. The van der Waals surface area contributed by atoms with E-state index in [2.05, 4.69) is 31.0 Å². The van der Waals surface area contributed by atoms with Crippen molar-refractivity contribution in [2.45, 2.75) is 32.9 Å². The molecule has 0 fully saturated rings. The minimum atomic E-state index is -0.454. The van der Waals surface area contributed by atoms with Crippen LogP contribution in [0, 0.1) is 13.8 Å². The molecule has 3 rings (SSSR count). The van der Waals surface area contributed by atoms with E-state index in [-0.39, 0.29) is 31.4 Å². The number of ether oxygens (including phenoxy) is 1. The van der Waals surface area contributed by atoms with Crippen molar-refractivity contribution in [2.75, 3.05) is 0 Å². The SMILES string of the molecule is Cc1cccc(C)c1-c1cncc(C(N)CC(=O)OCc2ccccc2)c1.Cl. The van der Waals surface area contributed by atoms with E-state index in [9.17, 15) is 4.79 Å². The maximum Gasteiger partial charge on any atom is 0.308 e. The number of aromatic nitrogens is 1. The molecule has 1 heterocycles. The van der Waals surface area contributed by atoms with Crippen LogP contribution in [0.15, 0.2) is 67.0 Å². The summed E-state index contributed by atoms with van der Waals surface area (Å²) in [6.45, 7) is 4.42. The third-order valence-corrected chi connectivity index (χ3v) is 4.59. The summed E-state index contributed by atoms with van der Waals surface area (Å²) in [5, 5.41) is 0. The number of hydrogen-bond donors (Lipinski definition) is 1. The molecule has 3 aromatic rings. The summed E-state index contributed by atoms with van der Waals surface area (Å²) in [6.07, 6.45) is 3.66. The van der Waals surface area contributed by atoms with Gasteiger partial charge in [0.15, 0.2) is 0 Å². The molecular weight excluding hydrogens is 372 g/mol. The Bertz CT molecular complexity index is 909. The van der Waals surface area contributed by atoms with Crippen LogP contribution in [0.3, 0.4) is 0 Å². The van der Waals surface area contributed by atoms with Gasteiger partial charge in [-0.25, -0.2) is 0 Å². The zero-order valence-corrected chi connectivity index (χ0v) is 16.9. The largest absolute Gasteiger partial charge is 0.461 e. The van der Waals surface area contributed by atoms with Crippen LogP contribution in [0.4, 0.5) is 0 Å². The fourth-order valence-corrected chi connectivity index (χ4v) is 3.16. The molecule has 1 aromatic heterocycles. The van der Waals surface area contributed by atoms with Crippen molar-refractivity contribution in [3.05, 3.63) is 89.2 Å². The Morgan fingerprint density at radius 1 is 1.04 bits per heavy atom. The number of aryl methyl sites for hydroxylation is 2. The molecule has 2 N–H and O–H groups in total. The van der Waals surface area contributed by atoms with Crippen molar-refractivity contribution < 1.29 is 9.53 Å². The number of pyridine rings is 1. The van der Waals surface area contributed by atoms with E-state index in [0.29, 0.717) is 0 Å². The van der Waals surface area contributed by atoms with Crippen LogP contribution in [-0.4, -0.2) is 11.0 Å². The van der Waals surface area contributed by atoms with Crippen molar-refractivity contribution in [3.63, 3.8) is 0 Å². The fourth-order valence-electron chi connectivity index (χ4n) is 3.16. The van der Waals surface area contributed by atoms with Gasteiger partial charge < -0.3 is 10.5 Å². The average Bonchev–Trinajstić information content (AvgIpc) is 2.67. The highest BCUT2D eigenvalue weighted by molar-refractivity contribution is 5.85. The molecular formula is C23H25ClN2O2. The average molecular weight is 397 g/mol. The summed E-state index contributed by atoms with van der Waals surface area (Å²) >= 11 is 0. The van der Waals surface area contributed by atoms with Crippen LogP contribution in [0.2, 0.25) is 0 Å². The highest BCUT2D eigenvalue weighted by atomic mass is 35.5. The lowest BCUT2D eigenvalue weighted by Gasteiger charge is -2.14. The third kappa shape index (κ3) is 5.41. The van der Waals surface area contributed by atoms with Gasteiger partial charge in [0.25, 0.3) is 0 Å². The van der Waals surface area contributed by atoms with E-state index >= 15 is 0 Å². The van der Waals surface area contributed by atoms with Crippen LogP contribution < -0.4 is 5.73 Å².